The van der Waals surface area contributed by atoms with Crippen LogP contribution in [0.1, 0.15) is 28.8 Å². The standard InChI is InChI=1S/C26H29ClN2O2/c1-31-22-13-11-20(12-14-22)19-28-15-17-29(18-16-28)25(23-9-5-6-10-24(23)27)26(30)21-7-3-2-4-8-21/h2-14,25-26,30H,15-19H2,1H3/t25-,26+/m1/s1. The van der Waals surface area contributed by atoms with Gasteiger partial charge in [-0.2, -0.15) is 0 Å². The molecule has 0 amide bonds. The zero-order chi connectivity index (χ0) is 21.6. The van der Waals surface area contributed by atoms with E-state index in [0.717, 1.165) is 49.6 Å². The number of rotatable bonds is 7. The highest BCUT2D eigenvalue weighted by Crippen LogP contribution is 2.38. The van der Waals surface area contributed by atoms with Crippen molar-refractivity contribution in [3.05, 3.63) is 101 Å². The van der Waals surface area contributed by atoms with E-state index < -0.39 is 6.10 Å². The molecular weight excluding hydrogens is 408 g/mol. The first-order valence-corrected chi connectivity index (χ1v) is 11.1. The number of piperazine rings is 1. The molecule has 4 rings (SSSR count). The lowest BCUT2D eigenvalue weighted by atomic mass is 9.93. The summed E-state index contributed by atoms with van der Waals surface area (Å²) in [5, 5.41) is 12.0. The fourth-order valence-corrected chi connectivity index (χ4v) is 4.55. The molecule has 0 saturated carbocycles. The number of nitrogens with zero attached hydrogens (tertiary/aromatic N) is 2. The first kappa shape index (κ1) is 21.8. The van der Waals surface area contributed by atoms with Crippen molar-refractivity contribution in [2.75, 3.05) is 33.3 Å². The average molecular weight is 437 g/mol. The predicted molar refractivity (Wildman–Crippen MR) is 125 cm³/mol. The number of hydrogen-bond donors (Lipinski definition) is 1. The lowest BCUT2D eigenvalue weighted by molar-refractivity contribution is 0.0149. The zero-order valence-electron chi connectivity index (χ0n) is 17.8. The number of ether oxygens (including phenoxy) is 1. The Bertz CT molecular complexity index is 957. The Morgan fingerprint density at radius 2 is 1.52 bits per heavy atom. The smallest absolute Gasteiger partial charge is 0.118 e. The Morgan fingerprint density at radius 1 is 0.871 bits per heavy atom. The van der Waals surface area contributed by atoms with Gasteiger partial charge in [0.1, 0.15) is 5.75 Å². The van der Waals surface area contributed by atoms with Crippen LogP contribution in [0, 0.1) is 0 Å². The van der Waals surface area contributed by atoms with E-state index in [4.69, 9.17) is 16.3 Å². The molecule has 1 aliphatic rings. The van der Waals surface area contributed by atoms with Crippen LogP contribution >= 0.6 is 11.6 Å². The summed E-state index contributed by atoms with van der Waals surface area (Å²) in [6.45, 7) is 4.53. The van der Waals surface area contributed by atoms with Crippen LogP contribution in [0.3, 0.4) is 0 Å². The maximum Gasteiger partial charge on any atom is 0.118 e. The van der Waals surface area contributed by atoms with Crippen molar-refractivity contribution in [2.45, 2.75) is 18.7 Å². The third-order valence-corrected chi connectivity index (χ3v) is 6.37. The van der Waals surface area contributed by atoms with Gasteiger partial charge in [-0.3, -0.25) is 9.80 Å². The molecular formula is C26H29ClN2O2. The van der Waals surface area contributed by atoms with Crippen molar-refractivity contribution in [3.63, 3.8) is 0 Å². The summed E-state index contributed by atoms with van der Waals surface area (Å²) in [7, 11) is 1.69. The van der Waals surface area contributed by atoms with Gasteiger partial charge in [-0.05, 0) is 34.9 Å². The summed E-state index contributed by atoms with van der Waals surface area (Å²) in [4.78, 5) is 4.82. The number of halogens is 1. The molecule has 0 bridgehead atoms. The van der Waals surface area contributed by atoms with E-state index in [2.05, 4.69) is 21.9 Å². The van der Waals surface area contributed by atoms with E-state index in [1.807, 2.05) is 66.7 Å². The van der Waals surface area contributed by atoms with Crippen molar-refractivity contribution in [1.29, 1.82) is 0 Å². The quantitative estimate of drug-likeness (QED) is 0.569. The third-order valence-electron chi connectivity index (χ3n) is 6.03. The molecule has 3 aromatic rings. The summed E-state index contributed by atoms with van der Waals surface area (Å²) in [5.41, 5.74) is 3.17. The minimum Gasteiger partial charge on any atom is -0.497 e. The minimum atomic E-state index is -0.644. The Morgan fingerprint density at radius 3 is 2.16 bits per heavy atom. The molecule has 4 nitrogen and oxygen atoms in total. The van der Waals surface area contributed by atoms with E-state index in [9.17, 15) is 5.11 Å². The van der Waals surface area contributed by atoms with E-state index >= 15 is 0 Å². The monoisotopic (exact) mass is 436 g/mol. The highest BCUT2D eigenvalue weighted by Gasteiger charge is 2.32. The van der Waals surface area contributed by atoms with Crippen molar-refractivity contribution < 1.29 is 9.84 Å². The predicted octanol–water partition coefficient (Wildman–Crippen LogP) is 4.94. The number of methoxy groups -OCH3 is 1. The number of aliphatic hydroxyl groups excluding tert-OH is 1. The van der Waals surface area contributed by atoms with Gasteiger partial charge in [0.15, 0.2) is 0 Å². The van der Waals surface area contributed by atoms with Crippen molar-refractivity contribution >= 4 is 11.6 Å². The molecule has 1 saturated heterocycles. The van der Waals surface area contributed by atoms with E-state index in [1.165, 1.54) is 5.56 Å². The molecule has 1 fully saturated rings. The van der Waals surface area contributed by atoms with Crippen LogP contribution in [0.5, 0.6) is 5.75 Å². The van der Waals surface area contributed by atoms with Gasteiger partial charge in [-0.25, -0.2) is 0 Å². The van der Waals surface area contributed by atoms with Crippen LogP contribution in [0.15, 0.2) is 78.9 Å². The molecule has 0 spiro atoms. The lowest BCUT2D eigenvalue weighted by Gasteiger charge is -2.41. The van der Waals surface area contributed by atoms with Crippen LogP contribution in [-0.4, -0.2) is 48.2 Å². The maximum absolute atomic E-state index is 11.3. The molecule has 3 aromatic carbocycles. The minimum absolute atomic E-state index is 0.181. The van der Waals surface area contributed by atoms with Gasteiger partial charge in [0, 0.05) is 37.7 Å². The molecule has 1 aliphatic heterocycles. The molecule has 1 N–H and O–H groups in total. The Kier molecular flexibility index (Phi) is 7.25. The van der Waals surface area contributed by atoms with E-state index in [-0.39, 0.29) is 6.04 Å². The summed E-state index contributed by atoms with van der Waals surface area (Å²) in [5.74, 6) is 0.881. The van der Waals surface area contributed by atoms with Crippen molar-refractivity contribution in [1.82, 2.24) is 9.80 Å². The Balaban J connectivity index is 1.48. The highest BCUT2D eigenvalue weighted by atomic mass is 35.5. The summed E-state index contributed by atoms with van der Waals surface area (Å²) in [6, 6.07) is 25.8. The van der Waals surface area contributed by atoms with Crippen LogP contribution in [-0.2, 0) is 6.54 Å². The van der Waals surface area contributed by atoms with Crippen LogP contribution in [0.4, 0.5) is 0 Å². The van der Waals surface area contributed by atoms with Gasteiger partial charge in [-0.1, -0.05) is 72.3 Å². The van der Waals surface area contributed by atoms with Crippen LogP contribution < -0.4 is 4.74 Å². The molecule has 5 heteroatoms. The van der Waals surface area contributed by atoms with Gasteiger partial charge >= 0.3 is 0 Å². The second-order valence-corrected chi connectivity index (χ2v) is 8.39. The molecule has 0 aromatic heterocycles. The van der Waals surface area contributed by atoms with Gasteiger partial charge in [0.2, 0.25) is 0 Å². The highest BCUT2D eigenvalue weighted by molar-refractivity contribution is 6.31. The molecule has 162 valence electrons. The second kappa shape index (κ2) is 10.3. The SMILES string of the molecule is COc1ccc(CN2CCN([C@H](c3ccccc3Cl)[C@@H](O)c3ccccc3)CC2)cc1. The summed E-state index contributed by atoms with van der Waals surface area (Å²) < 4.78 is 5.26. The molecule has 2 atom stereocenters. The number of hydrogen-bond acceptors (Lipinski definition) is 4. The van der Waals surface area contributed by atoms with Crippen LogP contribution in [0.25, 0.3) is 0 Å². The van der Waals surface area contributed by atoms with Crippen molar-refractivity contribution in [3.8, 4) is 5.75 Å². The second-order valence-electron chi connectivity index (χ2n) is 7.98. The Labute approximate surface area is 189 Å². The average Bonchev–Trinajstić information content (AvgIpc) is 2.82. The third kappa shape index (κ3) is 5.28. The van der Waals surface area contributed by atoms with Gasteiger partial charge in [-0.15, -0.1) is 0 Å². The lowest BCUT2D eigenvalue weighted by Crippen LogP contribution is -2.48. The zero-order valence-corrected chi connectivity index (χ0v) is 18.6. The van der Waals surface area contributed by atoms with Gasteiger partial charge in [0.25, 0.3) is 0 Å². The van der Waals surface area contributed by atoms with Gasteiger partial charge < -0.3 is 9.84 Å². The largest absolute Gasteiger partial charge is 0.497 e. The molecule has 0 aliphatic carbocycles. The molecule has 0 unspecified atom stereocenters. The molecule has 0 radical (unpaired) electrons. The first-order valence-electron chi connectivity index (χ1n) is 10.7. The normalized spacial score (nSPS) is 17.3. The molecule has 31 heavy (non-hydrogen) atoms. The van der Waals surface area contributed by atoms with Gasteiger partial charge in [0.05, 0.1) is 19.3 Å². The fraction of sp³-hybridized carbons (Fsp3) is 0.308. The van der Waals surface area contributed by atoms with Crippen LogP contribution in [0.2, 0.25) is 5.02 Å². The molecule has 1 heterocycles. The van der Waals surface area contributed by atoms with Crippen molar-refractivity contribution in [2.24, 2.45) is 0 Å². The fourth-order valence-electron chi connectivity index (χ4n) is 4.30. The van der Waals surface area contributed by atoms with E-state index in [0.29, 0.717) is 5.02 Å². The summed E-state index contributed by atoms with van der Waals surface area (Å²) in [6.07, 6.45) is -0.644. The maximum atomic E-state index is 11.3. The topological polar surface area (TPSA) is 35.9 Å². The van der Waals surface area contributed by atoms with E-state index in [1.54, 1.807) is 7.11 Å². The number of aliphatic hydroxyl groups is 1. The Hall–Kier alpha value is -2.37. The number of benzene rings is 3. The summed E-state index contributed by atoms with van der Waals surface area (Å²) >= 11 is 6.57. The first-order chi connectivity index (χ1) is 15.2.